The van der Waals surface area contributed by atoms with Gasteiger partial charge in [-0.05, 0) is 73.7 Å². The van der Waals surface area contributed by atoms with Crippen LogP contribution in [0.25, 0.3) is 6.08 Å². The molecule has 1 aliphatic heterocycles. The van der Waals surface area contributed by atoms with Crippen molar-refractivity contribution in [2.45, 2.75) is 49.7 Å². The Morgan fingerprint density at radius 1 is 1.22 bits per heavy atom. The summed E-state index contributed by atoms with van der Waals surface area (Å²) in [6.45, 7) is 7.72. The van der Waals surface area contributed by atoms with E-state index in [1.807, 2.05) is 24.3 Å². The summed E-state index contributed by atoms with van der Waals surface area (Å²) in [5.41, 5.74) is 0.980. The Hall–Kier alpha value is -3.42. The number of amides is 1. The van der Waals surface area contributed by atoms with Gasteiger partial charge in [0.25, 0.3) is 0 Å². The second-order valence-electron chi connectivity index (χ2n) is 10.1. The zero-order valence-corrected chi connectivity index (χ0v) is 21.6. The first-order chi connectivity index (χ1) is 17.8. The summed E-state index contributed by atoms with van der Waals surface area (Å²) < 4.78 is 11.8. The van der Waals surface area contributed by atoms with Gasteiger partial charge in [0.1, 0.15) is 11.5 Å². The molecule has 2 aromatic rings. The van der Waals surface area contributed by atoms with Gasteiger partial charge in [0, 0.05) is 44.7 Å². The fourth-order valence-electron chi connectivity index (χ4n) is 6.13. The number of hydrogen-bond donors (Lipinski definition) is 2. The summed E-state index contributed by atoms with van der Waals surface area (Å²) >= 11 is 0. The summed E-state index contributed by atoms with van der Waals surface area (Å²) in [7, 11) is 1.78. The molecule has 2 aliphatic rings. The molecule has 3 atom stereocenters. The van der Waals surface area contributed by atoms with Crippen LogP contribution in [-0.2, 0) is 19.7 Å². The monoisotopic (exact) mass is 504 g/mol. The van der Waals surface area contributed by atoms with Crippen LogP contribution in [0.5, 0.6) is 11.5 Å². The van der Waals surface area contributed by atoms with Gasteiger partial charge in [0.15, 0.2) is 0 Å². The second-order valence-corrected chi connectivity index (χ2v) is 10.1. The Balaban J connectivity index is 1.62. The summed E-state index contributed by atoms with van der Waals surface area (Å²) in [5.74, 6) is 0.136. The van der Waals surface area contributed by atoms with E-state index in [4.69, 9.17) is 9.47 Å². The van der Waals surface area contributed by atoms with Crippen LogP contribution in [0.2, 0.25) is 0 Å². The second kappa shape index (κ2) is 11.3. The van der Waals surface area contributed by atoms with Crippen LogP contribution in [0.4, 0.5) is 0 Å². The molecule has 2 N–H and O–H groups in total. The average molecular weight is 505 g/mol. The van der Waals surface area contributed by atoms with Gasteiger partial charge < -0.3 is 19.9 Å². The van der Waals surface area contributed by atoms with Gasteiger partial charge in [-0.3, -0.25) is 14.5 Å². The third-order valence-corrected chi connectivity index (χ3v) is 7.77. The smallest absolute Gasteiger partial charge is 0.308 e. The van der Waals surface area contributed by atoms with Crippen molar-refractivity contribution in [1.82, 2.24) is 10.2 Å². The molecule has 3 unspecified atom stereocenters. The molecule has 1 saturated carbocycles. The van der Waals surface area contributed by atoms with Gasteiger partial charge in [0.2, 0.25) is 5.91 Å². The number of benzene rings is 2. The fourth-order valence-corrected chi connectivity index (χ4v) is 6.13. The first-order valence-electron chi connectivity index (χ1n) is 12.7. The van der Waals surface area contributed by atoms with E-state index in [0.717, 1.165) is 50.0 Å². The zero-order chi connectivity index (χ0) is 26.5. The number of fused-ring (bicyclic) bond motifs is 1. The predicted molar refractivity (Wildman–Crippen MR) is 143 cm³/mol. The van der Waals surface area contributed by atoms with E-state index in [2.05, 4.69) is 22.9 Å². The van der Waals surface area contributed by atoms with E-state index in [1.165, 1.54) is 13.0 Å². The fraction of sp³-hybridized carbons (Fsp3) is 0.400. The van der Waals surface area contributed by atoms with Crippen molar-refractivity contribution in [3.05, 3.63) is 78.4 Å². The molecule has 2 aromatic carbocycles. The Kier molecular flexibility index (Phi) is 8.15. The molecule has 1 saturated heterocycles. The lowest BCUT2D eigenvalue weighted by Crippen LogP contribution is -2.67. The number of phenols is 1. The van der Waals surface area contributed by atoms with Crippen molar-refractivity contribution in [2.24, 2.45) is 0 Å². The third kappa shape index (κ3) is 5.78. The van der Waals surface area contributed by atoms with Gasteiger partial charge in [-0.15, -0.1) is 6.58 Å². The Morgan fingerprint density at radius 2 is 2.03 bits per heavy atom. The summed E-state index contributed by atoms with van der Waals surface area (Å²) in [6, 6.07) is 14.5. The molecule has 0 aromatic heterocycles. The molecule has 0 bridgehead atoms. The first-order valence-corrected chi connectivity index (χ1v) is 12.7. The van der Waals surface area contributed by atoms with E-state index in [-0.39, 0.29) is 29.1 Å². The minimum absolute atomic E-state index is 0.0482. The predicted octanol–water partition coefficient (Wildman–Crippen LogP) is 4.21. The lowest BCUT2D eigenvalue weighted by atomic mass is 9.55. The highest BCUT2D eigenvalue weighted by Gasteiger charge is 2.58. The highest BCUT2D eigenvalue weighted by molar-refractivity contribution is 5.92. The number of nitrogens with one attached hydrogen (secondary N) is 1. The Bertz CT molecular complexity index is 1180. The van der Waals surface area contributed by atoms with Crippen LogP contribution in [0.1, 0.15) is 43.7 Å². The van der Waals surface area contributed by atoms with Crippen LogP contribution < -0.4 is 10.1 Å². The molecular formula is C30H36N2O5. The van der Waals surface area contributed by atoms with Crippen LogP contribution in [0, 0.1) is 0 Å². The summed E-state index contributed by atoms with van der Waals surface area (Å²) in [4.78, 5) is 26.9. The molecule has 1 amide bonds. The number of esters is 1. The molecular weight excluding hydrogens is 468 g/mol. The number of likely N-dealkylation sites (tertiary alicyclic amines) is 1. The molecule has 4 rings (SSSR count). The van der Waals surface area contributed by atoms with Crippen molar-refractivity contribution in [1.29, 1.82) is 0 Å². The first kappa shape index (κ1) is 26.6. The minimum atomic E-state index is -0.457. The van der Waals surface area contributed by atoms with Gasteiger partial charge >= 0.3 is 5.97 Å². The maximum atomic E-state index is 12.9. The molecule has 1 aliphatic carbocycles. The summed E-state index contributed by atoms with van der Waals surface area (Å²) in [5, 5.41) is 12.9. The number of carbonyl (C=O) groups is 2. The van der Waals surface area contributed by atoms with Crippen molar-refractivity contribution < 1.29 is 24.2 Å². The number of nitrogens with zero attached hydrogens (tertiary/aromatic N) is 1. The van der Waals surface area contributed by atoms with E-state index in [9.17, 15) is 14.7 Å². The molecule has 1 heterocycles. The highest BCUT2D eigenvalue weighted by atomic mass is 16.5. The molecule has 196 valence electrons. The number of rotatable bonds is 8. The quantitative estimate of drug-likeness (QED) is 0.242. The van der Waals surface area contributed by atoms with E-state index in [0.29, 0.717) is 12.2 Å². The SMILES string of the molecule is C=CCN1CCC2(c3cccc(OC(C)=O)c3)CC(NC(=O)/C=C/c3cccc(O)c3)CCC2(OC)C1. The number of aromatic hydroxyl groups is 1. The topological polar surface area (TPSA) is 88.1 Å². The normalized spacial score (nSPS) is 25.8. The van der Waals surface area contributed by atoms with Crippen molar-refractivity contribution in [3.63, 3.8) is 0 Å². The Morgan fingerprint density at radius 3 is 2.76 bits per heavy atom. The van der Waals surface area contributed by atoms with Gasteiger partial charge in [0.05, 0.1) is 5.60 Å². The number of hydrogen-bond acceptors (Lipinski definition) is 6. The molecule has 7 heteroatoms. The number of carbonyl (C=O) groups excluding carboxylic acids is 2. The minimum Gasteiger partial charge on any atom is -0.508 e. The van der Waals surface area contributed by atoms with Crippen molar-refractivity contribution >= 4 is 18.0 Å². The number of methoxy groups -OCH3 is 1. The number of ether oxygens (including phenoxy) is 2. The molecule has 0 radical (unpaired) electrons. The van der Waals surface area contributed by atoms with Gasteiger partial charge in [-0.25, -0.2) is 0 Å². The van der Waals surface area contributed by atoms with Crippen molar-refractivity contribution in [2.75, 3.05) is 26.7 Å². The molecule has 7 nitrogen and oxygen atoms in total. The average Bonchev–Trinajstić information content (AvgIpc) is 2.87. The maximum Gasteiger partial charge on any atom is 0.308 e. The number of phenolic OH excluding ortho intramolecular Hbond substituents is 1. The van der Waals surface area contributed by atoms with Crippen molar-refractivity contribution in [3.8, 4) is 11.5 Å². The largest absolute Gasteiger partial charge is 0.508 e. The van der Waals surface area contributed by atoms with E-state index in [1.54, 1.807) is 37.5 Å². The maximum absolute atomic E-state index is 12.9. The Labute approximate surface area is 218 Å². The molecule has 37 heavy (non-hydrogen) atoms. The van der Waals surface area contributed by atoms with Crippen LogP contribution in [0.15, 0.2) is 67.3 Å². The van der Waals surface area contributed by atoms with Gasteiger partial charge in [-0.2, -0.15) is 0 Å². The lowest BCUT2D eigenvalue weighted by Gasteiger charge is -2.59. The molecule has 0 spiro atoms. The lowest BCUT2D eigenvalue weighted by molar-refractivity contribution is -0.149. The molecule has 2 fully saturated rings. The van der Waals surface area contributed by atoms with Crippen LogP contribution >= 0.6 is 0 Å². The number of piperidine rings is 1. The van der Waals surface area contributed by atoms with Crippen LogP contribution in [0.3, 0.4) is 0 Å². The van der Waals surface area contributed by atoms with Crippen LogP contribution in [-0.4, -0.2) is 60.3 Å². The zero-order valence-electron chi connectivity index (χ0n) is 21.6. The third-order valence-electron chi connectivity index (χ3n) is 7.77. The van der Waals surface area contributed by atoms with E-state index >= 15 is 0 Å². The summed E-state index contributed by atoms with van der Waals surface area (Å²) in [6.07, 6.45) is 8.23. The standard InChI is InChI=1S/C30H36N2O5/c1-4-16-32-17-15-29(24-8-6-10-27(19-24)37-22(2)33)20-25(13-14-30(29,21-32)36-3)31-28(35)12-11-23-7-5-9-26(34)18-23/h4-12,18-19,25,34H,1,13-17,20-21H2,2-3H3,(H,31,35)/b12-11+. The van der Waals surface area contributed by atoms with E-state index < -0.39 is 5.60 Å². The highest BCUT2D eigenvalue weighted by Crippen LogP contribution is 2.53. The van der Waals surface area contributed by atoms with Gasteiger partial charge in [-0.1, -0.05) is 30.3 Å².